The third-order valence-corrected chi connectivity index (χ3v) is 4.05. The Morgan fingerprint density at radius 1 is 1.27 bits per heavy atom. The molecule has 0 saturated carbocycles. The van der Waals surface area contributed by atoms with Gasteiger partial charge in [0.15, 0.2) is 0 Å². The molecule has 0 spiro atoms. The summed E-state index contributed by atoms with van der Waals surface area (Å²) in [6.45, 7) is 2.79. The number of hydrogen-bond acceptors (Lipinski definition) is 3. The number of rotatable bonds is 3. The summed E-state index contributed by atoms with van der Waals surface area (Å²) < 4.78 is 40.0. The summed E-state index contributed by atoms with van der Waals surface area (Å²) in [5.74, 6) is -0.795. The summed E-state index contributed by atoms with van der Waals surface area (Å²) in [6.07, 6.45) is -1.20. The van der Waals surface area contributed by atoms with E-state index in [2.05, 4.69) is 10.1 Å². The molecule has 1 atom stereocenters. The molecular weight excluding hydrogens is 345 g/mol. The molecule has 0 bridgehead atoms. The van der Waals surface area contributed by atoms with E-state index in [9.17, 15) is 18.0 Å². The van der Waals surface area contributed by atoms with Crippen molar-refractivity contribution in [3.8, 4) is 11.3 Å². The summed E-state index contributed by atoms with van der Waals surface area (Å²) in [6, 6.07) is 4.81. The summed E-state index contributed by atoms with van der Waals surface area (Å²) in [4.78, 5) is 17.1. The molecule has 5 nitrogen and oxygen atoms in total. The van der Waals surface area contributed by atoms with Crippen LogP contribution in [0.25, 0.3) is 22.2 Å². The molecule has 2 heterocycles. The predicted molar refractivity (Wildman–Crippen MR) is 91.7 cm³/mol. The van der Waals surface area contributed by atoms with Crippen LogP contribution in [0.5, 0.6) is 0 Å². The second-order valence-corrected chi connectivity index (χ2v) is 6.22. The minimum Gasteiger partial charge on any atom is -0.341 e. The van der Waals surface area contributed by atoms with Crippen LogP contribution in [0.15, 0.2) is 36.7 Å². The van der Waals surface area contributed by atoms with E-state index in [1.807, 2.05) is 12.2 Å². The first-order valence-corrected chi connectivity index (χ1v) is 7.93. The molecule has 1 N–H and O–H groups in total. The van der Waals surface area contributed by atoms with E-state index in [0.29, 0.717) is 22.2 Å². The maximum Gasteiger partial charge on any atom is 0.408 e. The van der Waals surface area contributed by atoms with Crippen LogP contribution < -0.4 is 5.32 Å². The number of fused-ring (bicyclic) bond motifs is 1. The van der Waals surface area contributed by atoms with Crippen molar-refractivity contribution in [1.29, 1.82) is 0 Å². The van der Waals surface area contributed by atoms with Gasteiger partial charge in [-0.05, 0) is 31.5 Å². The number of nitrogens with one attached hydrogen (secondary N) is 1. The van der Waals surface area contributed by atoms with Crippen LogP contribution in [0.3, 0.4) is 0 Å². The maximum atomic E-state index is 12.8. The third kappa shape index (κ3) is 3.54. The smallest absolute Gasteiger partial charge is 0.341 e. The first kappa shape index (κ1) is 17.9. The molecule has 136 valence electrons. The zero-order chi connectivity index (χ0) is 19.1. The van der Waals surface area contributed by atoms with Gasteiger partial charge in [-0.2, -0.15) is 18.3 Å². The number of aryl methyl sites for hydroxylation is 2. The van der Waals surface area contributed by atoms with Gasteiger partial charge >= 0.3 is 6.18 Å². The average Bonchev–Trinajstić information content (AvgIpc) is 2.99. The SMILES string of the molecule is Cc1ccc2c(C(=O)NC(C)C(F)(F)F)cc(-c3cnn(C)c3)nc2c1. The van der Waals surface area contributed by atoms with Crippen molar-refractivity contribution in [1.82, 2.24) is 20.1 Å². The van der Waals surface area contributed by atoms with Crippen LogP contribution in [0, 0.1) is 6.92 Å². The fourth-order valence-corrected chi connectivity index (χ4v) is 2.58. The van der Waals surface area contributed by atoms with E-state index in [1.54, 1.807) is 42.3 Å². The lowest BCUT2D eigenvalue weighted by Crippen LogP contribution is -2.43. The van der Waals surface area contributed by atoms with Gasteiger partial charge in [-0.25, -0.2) is 4.98 Å². The molecule has 0 aliphatic heterocycles. The zero-order valence-electron chi connectivity index (χ0n) is 14.4. The summed E-state index contributed by atoms with van der Waals surface area (Å²) in [5.41, 5.74) is 2.76. The molecule has 1 amide bonds. The van der Waals surface area contributed by atoms with E-state index in [0.717, 1.165) is 12.5 Å². The van der Waals surface area contributed by atoms with Crippen molar-refractivity contribution >= 4 is 16.8 Å². The van der Waals surface area contributed by atoms with Gasteiger partial charge in [0, 0.05) is 24.2 Å². The minimum atomic E-state index is -4.51. The Morgan fingerprint density at radius 3 is 2.62 bits per heavy atom. The zero-order valence-corrected chi connectivity index (χ0v) is 14.4. The molecule has 1 unspecified atom stereocenters. The number of amides is 1. The normalized spacial score (nSPS) is 13.0. The standard InChI is InChI=1S/C18H17F3N4O/c1-10-4-5-13-14(17(26)23-11(2)18(19,20)21)7-15(24-16(13)6-10)12-8-22-25(3)9-12/h4-9,11H,1-3H3,(H,23,26). The van der Waals surface area contributed by atoms with Crippen molar-refractivity contribution in [3.63, 3.8) is 0 Å². The van der Waals surface area contributed by atoms with E-state index in [1.165, 1.54) is 6.07 Å². The fourth-order valence-electron chi connectivity index (χ4n) is 2.58. The minimum absolute atomic E-state index is 0.143. The Balaban J connectivity index is 2.12. The number of benzene rings is 1. The number of carbonyl (C=O) groups excluding carboxylic acids is 1. The fraction of sp³-hybridized carbons (Fsp3) is 0.278. The van der Waals surface area contributed by atoms with Crippen LogP contribution in [-0.2, 0) is 7.05 Å². The van der Waals surface area contributed by atoms with Crippen molar-refractivity contribution in [2.75, 3.05) is 0 Å². The molecule has 0 aliphatic rings. The summed E-state index contributed by atoms with van der Waals surface area (Å²) >= 11 is 0. The van der Waals surface area contributed by atoms with Gasteiger partial charge in [0.1, 0.15) is 6.04 Å². The number of pyridine rings is 1. The van der Waals surface area contributed by atoms with E-state index in [-0.39, 0.29) is 5.56 Å². The van der Waals surface area contributed by atoms with Gasteiger partial charge in [0.25, 0.3) is 5.91 Å². The molecule has 3 aromatic rings. The second kappa shape index (κ2) is 6.44. The monoisotopic (exact) mass is 362 g/mol. The molecule has 2 aromatic heterocycles. The third-order valence-electron chi connectivity index (χ3n) is 4.05. The number of nitrogens with zero attached hydrogens (tertiary/aromatic N) is 3. The van der Waals surface area contributed by atoms with E-state index >= 15 is 0 Å². The lowest BCUT2D eigenvalue weighted by molar-refractivity contribution is -0.149. The van der Waals surface area contributed by atoms with E-state index < -0.39 is 18.1 Å². The predicted octanol–water partition coefficient (Wildman–Crippen LogP) is 3.62. The van der Waals surface area contributed by atoms with Gasteiger partial charge in [0.05, 0.1) is 23.0 Å². The molecule has 0 aliphatic carbocycles. The molecule has 1 aromatic carbocycles. The Hall–Kier alpha value is -2.90. The molecule has 0 radical (unpaired) electrons. The Morgan fingerprint density at radius 2 is 2.00 bits per heavy atom. The van der Waals surface area contributed by atoms with Gasteiger partial charge < -0.3 is 5.32 Å². The Bertz CT molecular complexity index is 978. The first-order chi connectivity index (χ1) is 12.1. The topological polar surface area (TPSA) is 59.8 Å². The molecule has 0 saturated heterocycles. The van der Waals surface area contributed by atoms with Crippen molar-refractivity contribution in [2.45, 2.75) is 26.1 Å². The highest BCUT2D eigenvalue weighted by Gasteiger charge is 2.37. The highest BCUT2D eigenvalue weighted by molar-refractivity contribution is 6.07. The highest BCUT2D eigenvalue weighted by Crippen LogP contribution is 2.26. The molecule has 8 heteroatoms. The maximum absolute atomic E-state index is 12.8. The highest BCUT2D eigenvalue weighted by atomic mass is 19.4. The summed E-state index contributed by atoms with van der Waals surface area (Å²) in [5, 5.41) is 6.58. The molecular formula is C18H17F3N4O. The van der Waals surface area contributed by atoms with E-state index in [4.69, 9.17) is 0 Å². The van der Waals surface area contributed by atoms with Gasteiger partial charge in [-0.15, -0.1) is 0 Å². The summed E-state index contributed by atoms with van der Waals surface area (Å²) in [7, 11) is 1.74. The van der Waals surface area contributed by atoms with Crippen LogP contribution in [-0.4, -0.2) is 32.9 Å². The van der Waals surface area contributed by atoms with Gasteiger partial charge in [-0.1, -0.05) is 12.1 Å². The Kier molecular flexibility index (Phi) is 4.43. The molecule has 0 fully saturated rings. The first-order valence-electron chi connectivity index (χ1n) is 7.93. The molecule has 26 heavy (non-hydrogen) atoms. The number of hydrogen-bond donors (Lipinski definition) is 1. The van der Waals surface area contributed by atoms with Crippen LogP contribution >= 0.6 is 0 Å². The quantitative estimate of drug-likeness (QED) is 0.774. The average molecular weight is 362 g/mol. The van der Waals surface area contributed by atoms with Crippen molar-refractivity contribution in [2.24, 2.45) is 7.05 Å². The lowest BCUT2D eigenvalue weighted by Gasteiger charge is -2.18. The molecule has 3 rings (SSSR count). The Labute approximate surface area is 147 Å². The van der Waals surface area contributed by atoms with Crippen LogP contribution in [0.4, 0.5) is 13.2 Å². The lowest BCUT2D eigenvalue weighted by atomic mass is 10.0. The van der Waals surface area contributed by atoms with Crippen molar-refractivity contribution < 1.29 is 18.0 Å². The number of alkyl halides is 3. The van der Waals surface area contributed by atoms with Crippen LogP contribution in [0.2, 0.25) is 0 Å². The number of halogens is 3. The number of carbonyl (C=O) groups is 1. The number of aromatic nitrogens is 3. The second-order valence-electron chi connectivity index (χ2n) is 6.22. The van der Waals surface area contributed by atoms with Gasteiger partial charge in [0.2, 0.25) is 0 Å². The van der Waals surface area contributed by atoms with Crippen molar-refractivity contribution in [3.05, 3.63) is 47.8 Å². The largest absolute Gasteiger partial charge is 0.408 e. The van der Waals surface area contributed by atoms with Gasteiger partial charge in [-0.3, -0.25) is 9.48 Å². The van der Waals surface area contributed by atoms with Crippen LogP contribution in [0.1, 0.15) is 22.8 Å².